The van der Waals surface area contributed by atoms with Crippen molar-refractivity contribution in [3.05, 3.63) is 41.1 Å². The molecule has 0 saturated carbocycles. The Morgan fingerprint density at radius 2 is 2.19 bits per heavy atom. The van der Waals surface area contributed by atoms with E-state index in [1.165, 1.54) is 17.7 Å². The highest BCUT2D eigenvalue weighted by molar-refractivity contribution is 7.84. The van der Waals surface area contributed by atoms with Crippen LogP contribution in [0.5, 0.6) is 5.75 Å². The number of nitrogens with one attached hydrogen (secondary N) is 1. The van der Waals surface area contributed by atoms with E-state index in [1.54, 1.807) is 30.7 Å². The van der Waals surface area contributed by atoms with E-state index in [0.29, 0.717) is 22.0 Å². The zero-order valence-corrected chi connectivity index (χ0v) is 12.2. The summed E-state index contributed by atoms with van der Waals surface area (Å²) in [6, 6.07) is 5.23. The van der Waals surface area contributed by atoms with E-state index in [2.05, 4.69) is 15.2 Å². The number of aromatic nitrogens is 4. The molecule has 0 fully saturated rings. The summed E-state index contributed by atoms with van der Waals surface area (Å²) in [4.78, 5) is 16.7. The molecule has 3 rings (SSSR count). The van der Waals surface area contributed by atoms with Crippen molar-refractivity contribution in [1.82, 2.24) is 19.6 Å². The fraction of sp³-hybridized carbons (Fsp3) is 0.154. The number of methoxy groups -OCH3 is 1. The van der Waals surface area contributed by atoms with Crippen molar-refractivity contribution in [3.8, 4) is 17.0 Å². The van der Waals surface area contributed by atoms with Gasteiger partial charge in [0, 0.05) is 33.7 Å². The van der Waals surface area contributed by atoms with Gasteiger partial charge in [0.2, 0.25) is 0 Å². The van der Waals surface area contributed by atoms with Crippen LogP contribution in [0.3, 0.4) is 0 Å². The molecule has 0 aliphatic rings. The first-order chi connectivity index (χ1) is 10.1. The summed E-state index contributed by atoms with van der Waals surface area (Å²) in [5, 5.41) is 6.04. The molecule has 0 aliphatic heterocycles. The van der Waals surface area contributed by atoms with E-state index < -0.39 is 10.8 Å². The summed E-state index contributed by atoms with van der Waals surface area (Å²) in [6.45, 7) is 0. The maximum Gasteiger partial charge on any atom is 0.347 e. The van der Waals surface area contributed by atoms with Gasteiger partial charge in [-0.2, -0.15) is 5.10 Å². The van der Waals surface area contributed by atoms with Gasteiger partial charge in [-0.05, 0) is 18.2 Å². The third-order valence-corrected chi connectivity index (χ3v) is 3.99. The van der Waals surface area contributed by atoms with Crippen LogP contribution in [-0.2, 0) is 10.8 Å². The van der Waals surface area contributed by atoms with Crippen molar-refractivity contribution < 1.29 is 8.95 Å². The fourth-order valence-electron chi connectivity index (χ4n) is 2.04. The van der Waals surface area contributed by atoms with Crippen LogP contribution in [0, 0.1) is 0 Å². The number of nitrogens with zero attached hydrogens (tertiary/aromatic N) is 3. The van der Waals surface area contributed by atoms with E-state index in [4.69, 9.17) is 4.74 Å². The molecule has 21 heavy (non-hydrogen) atoms. The predicted molar refractivity (Wildman–Crippen MR) is 77.9 cm³/mol. The van der Waals surface area contributed by atoms with Crippen LogP contribution in [0.25, 0.3) is 16.9 Å². The third kappa shape index (κ3) is 2.33. The Morgan fingerprint density at radius 3 is 2.86 bits per heavy atom. The smallest absolute Gasteiger partial charge is 0.347 e. The van der Waals surface area contributed by atoms with Crippen molar-refractivity contribution >= 4 is 16.4 Å². The molecule has 0 radical (unpaired) electrons. The molecule has 0 spiro atoms. The summed E-state index contributed by atoms with van der Waals surface area (Å²) < 4.78 is 18.2. The van der Waals surface area contributed by atoms with Crippen LogP contribution in [0.1, 0.15) is 0 Å². The highest BCUT2D eigenvalue weighted by Gasteiger charge is 2.13. The van der Waals surface area contributed by atoms with Crippen molar-refractivity contribution in [1.29, 1.82) is 0 Å². The molecule has 7 nitrogen and oxygen atoms in total. The number of rotatable bonds is 3. The van der Waals surface area contributed by atoms with Crippen molar-refractivity contribution in [2.24, 2.45) is 0 Å². The van der Waals surface area contributed by atoms with Crippen LogP contribution in [-0.4, -0.2) is 37.2 Å². The number of hydrogen-bond acceptors (Lipinski definition) is 5. The highest BCUT2D eigenvalue weighted by atomic mass is 32.2. The monoisotopic (exact) mass is 304 g/mol. The molecule has 8 heteroatoms. The summed E-state index contributed by atoms with van der Waals surface area (Å²) in [7, 11) is 0.439. The van der Waals surface area contributed by atoms with Gasteiger partial charge in [0.05, 0.1) is 19.0 Å². The standard InChI is InChI=1S/C13H12N4O3S/c1-20-11-5-8(21(2)19)3-4-9(11)10-7-17-12(15-10)6-14-16-13(17)18/h3-7H,1-2H3,(H,16,18). The maximum atomic E-state index is 11.7. The average molecular weight is 304 g/mol. The lowest BCUT2D eigenvalue weighted by atomic mass is 10.1. The zero-order valence-electron chi connectivity index (χ0n) is 11.4. The number of H-pyrrole nitrogens is 1. The van der Waals surface area contributed by atoms with E-state index in [9.17, 15) is 9.00 Å². The number of aromatic amines is 1. The quantitative estimate of drug-likeness (QED) is 0.774. The summed E-state index contributed by atoms with van der Waals surface area (Å²) >= 11 is 0. The minimum Gasteiger partial charge on any atom is -0.496 e. The Balaban J connectivity index is 2.20. The van der Waals surface area contributed by atoms with Gasteiger partial charge in [-0.25, -0.2) is 19.3 Å². The van der Waals surface area contributed by atoms with Crippen LogP contribution < -0.4 is 10.4 Å². The van der Waals surface area contributed by atoms with Crippen LogP contribution in [0.2, 0.25) is 0 Å². The van der Waals surface area contributed by atoms with Gasteiger partial charge in [0.15, 0.2) is 5.65 Å². The molecule has 3 aromatic rings. The summed E-state index contributed by atoms with van der Waals surface area (Å²) in [5.41, 5.74) is 1.38. The summed E-state index contributed by atoms with van der Waals surface area (Å²) in [6.07, 6.45) is 4.67. The van der Waals surface area contributed by atoms with Gasteiger partial charge in [-0.1, -0.05) is 0 Å². The number of fused-ring (bicyclic) bond motifs is 1. The van der Waals surface area contributed by atoms with Crippen LogP contribution in [0.15, 0.2) is 40.3 Å². The molecule has 0 saturated heterocycles. The molecule has 1 unspecified atom stereocenters. The lowest BCUT2D eigenvalue weighted by Gasteiger charge is -2.07. The molecular formula is C13H12N4O3S. The molecular weight excluding hydrogens is 292 g/mol. The van der Waals surface area contributed by atoms with Gasteiger partial charge >= 0.3 is 5.69 Å². The normalized spacial score (nSPS) is 12.5. The highest BCUT2D eigenvalue weighted by Crippen LogP contribution is 2.30. The number of hydrogen-bond donors (Lipinski definition) is 1. The van der Waals surface area contributed by atoms with E-state index >= 15 is 0 Å². The first kappa shape index (κ1) is 13.5. The third-order valence-electron chi connectivity index (χ3n) is 3.07. The maximum absolute atomic E-state index is 11.7. The van der Waals surface area contributed by atoms with Gasteiger partial charge < -0.3 is 4.74 Å². The van der Waals surface area contributed by atoms with E-state index in [0.717, 1.165) is 5.56 Å². The number of benzene rings is 1. The molecule has 0 amide bonds. The van der Waals surface area contributed by atoms with E-state index in [-0.39, 0.29) is 5.69 Å². The lowest BCUT2D eigenvalue weighted by Crippen LogP contribution is -2.15. The molecule has 1 aromatic carbocycles. The van der Waals surface area contributed by atoms with Crippen molar-refractivity contribution in [2.75, 3.05) is 13.4 Å². The molecule has 2 heterocycles. The Bertz CT molecular complexity index is 900. The molecule has 108 valence electrons. The Hall–Kier alpha value is -2.48. The first-order valence-electron chi connectivity index (χ1n) is 6.05. The Labute approximate surface area is 122 Å². The van der Waals surface area contributed by atoms with Gasteiger partial charge in [-0.3, -0.25) is 4.21 Å². The second-order valence-corrected chi connectivity index (χ2v) is 5.73. The minimum absolute atomic E-state index is 0.364. The SMILES string of the molecule is COc1cc(S(C)=O)ccc1-c1cn2c(=O)[nH]ncc2n1. The zero-order chi connectivity index (χ0) is 15.0. The minimum atomic E-state index is -1.09. The van der Waals surface area contributed by atoms with Crippen LogP contribution >= 0.6 is 0 Å². The fourth-order valence-corrected chi connectivity index (χ4v) is 2.57. The second kappa shape index (κ2) is 5.13. The lowest BCUT2D eigenvalue weighted by molar-refractivity contribution is 0.415. The second-order valence-electron chi connectivity index (χ2n) is 4.35. The van der Waals surface area contributed by atoms with Gasteiger partial charge in [0.25, 0.3) is 0 Å². The van der Waals surface area contributed by atoms with Gasteiger partial charge in [0.1, 0.15) is 5.75 Å². The van der Waals surface area contributed by atoms with Gasteiger partial charge in [-0.15, -0.1) is 0 Å². The van der Waals surface area contributed by atoms with Crippen molar-refractivity contribution in [2.45, 2.75) is 4.90 Å². The molecule has 0 bridgehead atoms. The topological polar surface area (TPSA) is 89.4 Å². The van der Waals surface area contributed by atoms with E-state index in [1.807, 2.05) is 0 Å². The molecule has 2 aromatic heterocycles. The predicted octanol–water partition coefficient (Wildman–Crippen LogP) is 0.831. The molecule has 0 aliphatic carbocycles. The van der Waals surface area contributed by atoms with Crippen LogP contribution in [0.4, 0.5) is 0 Å². The Kier molecular flexibility index (Phi) is 3.30. The molecule has 1 N–H and O–H groups in total. The molecule has 1 atom stereocenters. The largest absolute Gasteiger partial charge is 0.496 e. The summed E-state index contributed by atoms with van der Waals surface area (Å²) in [5.74, 6) is 0.551. The van der Waals surface area contributed by atoms with Crippen molar-refractivity contribution in [3.63, 3.8) is 0 Å². The average Bonchev–Trinajstić information content (AvgIpc) is 2.91. The Morgan fingerprint density at radius 1 is 1.38 bits per heavy atom. The number of ether oxygens (including phenoxy) is 1. The first-order valence-corrected chi connectivity index (χ1v) is 7.60. The number of imidazole rings is 1.